The maximum atomic E-state index is 10.1. The Hall–Kier alpha value is -0.830. The maximum Gasteiger partial charge on any atom is 0.310 e. The summed E-state index contributed by atoms with van der Waals surface area (Å²) in [5.41, 5.74) is 0. The second kappa shape index (κ2) is 3.21. The second-order valence-corrected chi connectivity index (χ2v) is 1.41. The van der Waals surface area contributed by atoms with E-state index in [2.05, 4.69) is 6.92 Å². The molecule has 0 unspecified atom stereocenters. The van der Waals surface area contributed by atoms with E-state index in [1.54, 1.807) is 0 Å². The number of hydrogen-bond acceptors (Lipinski definition) is 3. The zero-order chi connectivity index (χ0) is 6.57. The number of Topliss-reactive ketones (excluding diaryl/α,β-unsaturated/α-hetero) is 2. The van der Waals surface area contributed by atoms with Crippen molar-refractivity contribution in [3.8, 4) is 0 Å². The van der Waals surface area contributed by atoms with Gasteiger partial charge in [-0.2, -0.15) is 0 Å². The van der Waals surface area contributed by atoms with Crippen LogP contribution in [0.4, 0.5) is 0 Å². The molecule has 0 saturated heterocycles. The number of ketones is 2. The van der Waals surface area contributed by atoms with Crippen molar-refractivity contribution in [1.29, 1.82) is 0 Å². The number of aliphatic hydroxyl groups is 1. The molecule has 0 aromatic heterocycles. The van der Waals surface area contributed by atoms with Gasteiger partial charge in [0.1, 0.15) is 20.0 Å². The summed E-state index contributed by atoms with van der Waals surface area (Å²) in [5, 5.41) is 8.05. The van der Waals surface area contributed by atoms with Crippen molar-refractivity contribution >= 4 is 11.6 Å². The summed E-state index contributed by atoms with van der Waals surface area (Å²) in [6.07, 6.45) is -0.253. The van der Waals surface area contributed by atoms with Crippen LogP contribution >= 0.6 is 0 Å². The number of carbonyl (C=O) groups excluding carboxylic acids is 2. The molecule has 0 rings (SSSR count). The third kappa shape index (κ3) is 3.36. The smallest absolute Gasteiger partial charge is 0.310 e. The molecule has 0 bridgehead atoms. The van der Waals surface area contributed by atoms with Gasteiger partial charge in [-0.05, 0) is 0 Å². The van der Waals surface area contributed by atoms with Gasteiger partial charge in [-0.3, -0.25) is 4.79 Å². The van der Waals surface area contributed by atoms with Crippen molar-refractivity contribution in [3.05, 3.63) is 6.92 Å². The van der Waals surface area contributed by atoms with E-state index in [1.165, 1.54) is 0 Å². The lowest BCUT2D eigenvalue weighted by Crippen LogP contribution is -2.07. The predicted molar refractivity (Wildman–Crippen MR) is 27.1 cm³/mol. The SMILES string of the molecule is [CH2+]C(=O)CC(=O)CO. The molecule has 0 aliphatic carbocycles. The van der Waals surface area contributed by atoms with Crippen molar-refractivity contribution in [1.82, 2.24) is 0 Å². The van der Waals surface area contributed by atoms with Gasteiger partial charge in [-0.1, -0.05) is 0 Å². The highest BCUT2D eigenvalue weighted by molar-refractivity contribution is 6.01. The molecule has 3 heteroatoms. The quantitative estimate of drug-likeness (QED) is 0.392. The first-order valence-corrected chi connectivity index (χ1v) is 2.14. The van der Waals surface area contributed by atoms with Crippen LogP contribution in [0.25, 0.3) is 0 Å². The first kappa shape index (κ1) is 7.17. The van der Waals surface area contributed by atoms with Gasteiger partial charge in [-0.25, -0.2) is 4.79 Å². The molecule has 0 fully saturated rings. The minimum atomic E-state index is -0.568. The third-order valence-corrected chi connectivity index (χ3v) is 0.571. The van der Waals surface area contributed by atoms with E-state index in [9.17, 15) is 9.59 Å². The summed E-state index contributed by atoms with van der Waals surface area (Å²) in [6, 6.07) is 0. The number of hydrogen-bond donors (Lipinski definition) is 1. The summed E-state index contributed by atoms with van der Waals surface area (Å²) < 4.78 is 0. The maximum absolute atomic E-state index is 10.1. The van der Waals surface area contributed by atoms with Gasteiger partial charge in [-0.15, -0.1) is 0 Å². The van der Waals surface area contributed by atoms with Crippen molar-refractivity contribution in [2.75, 3.05) is 6.61 Å². The van der Waals surface area contributed by atoms with Crippen LogP contribution in [-0.4, -0.2) is 23.3 Å². The second-order valence-electron chi connectivity index (χ2n) is 1.41. The number of aliphatic hydroxyl groups excluding tert-OH is 1. The van der Waals surface area contributed by atoms with Gasteiger partial charge < -0.3 is 5.11 Å². The van der Waals surface area contributed by atoms with Crippen molar-refractivity contribution < 1.29 is 14.7 Å². The lowest BCUT2D eigenvalue weighted by Gasteiger charge is -1.82. The minimum Gasteiger partial charge on any atom is -0.389 e. The fourth-order valence-electron chi connectivity index (χ4n) is 0.276. The molecule has 0 saturated carbocycles. The summed E-state index contributed by atoms with van der Waals surface area (Å²) in [6.45, 7) is 2.39. The first-order valence-electron chi connectivity index (χ1n) is 2.14. The largest absolute Gasteiger partial charge is 0.389 e. The molecule has 0 radical (unpaired) electrons. The molecule has 0 amide bonds. The molecular formula is C5H7O3+. The average molecular weight is 115 g/mol. The van der Waals surface area contributed by atoms with Gasteiger partial charge in [0, 0.05) is 0 Å². The Morgan fingerprint density at radius 2 is 2.00 bits per heavy atom. The van der Waals surface area contributed by atoms with E-state index >= 15 is 0 Å². The Balaban J connectivity index is 3.40. The van der Waals surface area contributed by atoms with Crippen LogP contribution in [-0.2, 0) is 9.59 Å². The Bertz CT molecular complexity index is 106. The highest BCUT2D eigenvalue weighted by atomic mass is 16.3. The summed E-state index contributed by atoms with van der Waals surface area (Å²) >= 11 is 0. The van der Waals surface area contributed by atoms with Gasteiger partial charge in [0.2, 0.25) is 0 Å². The summed E-state index contributed by atoms with van der Waals surface area (Å²) in [7, 11) is 0. The highest BCUT2D eigenvalue weighted by Crippen LogP contribution is 1.81. The van der Waals surface area contributed by atoms with Crippen LogP contribution < -0.4 is 0 Å². The van der Waals surface area contributed by atoms with E-state index in [1.807, 2.05) is 0 Å². The predicted octanol–water partition coefficient (Wildman–Crippen LogP) is -0.659. The molecule has 0 atom stereocenters. The van der Waals surface area contributed by atoms with Gasteiger partial charge in [0.05, 0.1) is 0 Å². The number of carbonyl (C=O) groups is 2. The van der Waals surface area contributed by atoms with Crippen LogP contribution in [0.15, 0.2) is 0 Å². The molecule has 8 heavy (non-hydrogen) atoms. The topological polar surface area (TPSA) is 54.4 Å². The molecule has 0 spiro atoms. The lowest BCUT2D eigenvalue weighted by atomic mass is 10.2. The minimum absolute atomic E-state index is 0.253. The molecule has 0 aliphatic heterocycles. The zero-order valence-electron chi connectivity index (χ0n) is 4.39. The highest BCUT2D eigenvalue weighted by Gasteiger charge is 2.07. The summed E-state index contributed by atoms with van der Waals surface area (Å²) in [4.78, 5) is 20.1. The van der Waals surface area contributed by atoms with E-state index in [-0.39, 0.29) is 6.42 Å². The third-order valence-electron chi connectivity index (χ3n) is 0.571. The van der Waals surface area contributed by atoms with Gasteiger partial charge in [0.25, 0.3) is 0 Å². The van der Waals surface area contributed by atoms with Crippen LogP contribution in [0.1, 0.15) is 6.42 Å². The van der Waals surface area contributed by atoms with E-state index in [0.717, 1.165) is 0 Å². The van der Waals surface area contributed by atoms with E-state index in [4.69, 9.17) is 5.11 Å². The van der Waals surface area contributed by atoms with E-state index in [0.29, 0.717) is 0 Å². The molecule has 3 nitrogen and oxygen atoms in total. The number of rotatable bonds is 3. The van der Waals surface area contributed by atoms with Crippen LogP contribution in [0.3, 0.4) is 0 Å². The molecule has 0 aromatic rings. The molecule has 0 heterocycles. The van der Waals surface area contributed by atoms with E-state index < -0.39 is 18.2 Å². The molecular weight excluding hydrogens is 108 g/mol. The van der Waals surface area contributed by atoms with Crippen LogP contribution in [0, 0.1) is 6.92 Å². The van der Waals surface area contributed by atoms with Crippen molar-refractivity contribution in [3.63, 3.8) is 0 Å². The summed E-state index contributed by atoms with van der Waals surface area (Å²) in [5.74, 6) is -0.936. The first-order chi connectivity index (χ1) is 3.66. The normalized spacial score (nSPS) is 8.62. The zero-order valence-corrected chi connectivity index (χ0v) is 4.39. The Kier molecular flexibility index (Phi) is 2.88. The Morgan fingerprint density at radius 3 is 2.12 bits per heavy atom. The molecule has 0 aliphatic rings. The Labute approximate surface area is 47.3 Å². The van der Waals surface area contributed by atoms with Crippen molar-refractivity contribution in [2.45, 2.75) is 6.42 Å². The van der Waals surface area contributed by atoms with Gasteiger partial charge >= 0.3 is 5.78 Å². The fourth-order valence-corrected chi connectivity index (χ4v) is 0.276. The van der Waals surface area contributed by atoms with Crippen molar-refractivity contribution in [2.24, 2.45) is 0 Å². The van der Waals surface area contributed by atoms with Gasteiger partial charge in [0.15, 0.2) is 5.78 Å². The fraction of sp³-hybridized carbons (Fsp3) is 0.400. The molecule has 1 N–H and O–H groups in total. The average Bonchev–Trinajstić information content (AvgIpc) is 1.65. The standard InChI is InChI=1S/C5H7O3/c1-4(7)2-5(8)3-6/h6H,1-3H2/q+1. The Morgan fingerprint density at radius 1 is 1.50 bits per heavy atom. The van der Waals surface area contributed by atoms with Crippen LogP contribution in [0.5, 0.6) is 0 Å². The van der Waals surface area contributed by atoms with Crippen LogP contribution in [0.2, 0.25) is 0 Å². The lowest BCUT2D eigenvalue weighted by molar-refractivity contribution is -0.126. The molecule has 0 aromatic carbocycles. The monoisotopic (exact) mass is 115 g/mol. The molecule has 44 valence electrons.